The summed E-state index contributed by atoms with van der Waals surface area (Å²) in [5.74, 6) is -2.39. The highest BCUT2D eigenvalue weighted by Crippen LogP contribution is 2.49. The third kappa shape index (κ3) is 8.70. The van der Waals surface area contributed by atoms with Crippen molar-refractivity contribution in [1.29, 1.82) is 0 Å². The van der Waals surface area contributed by atoms with Gasteiger partial charge < -0.3 is 23.7 Å². The maximum absolute atomic E-state index is 13.5. The molecule has 0 heterocycles. The first-order valence-corrected chi connectivity index (χ1v) is 16.0. The first-order chi connectivity index (χ1) is 22.9. The molecule has 256 valence electrons. The van der Waals surface area contributed by atoms with Gasteiger partial charge in [0.1, 0.15) is 37.5 Å². The molecule has 2 aromatic carbocycles. The Morgan fingerprint density at radius 2 is 1.46 bits per heavy atom. The van der Waals surface area contributed by atoms with E-state index >= 15 is 0 Å². The van der Waals surface area contributed by atoms with Gasteiger partial charge in [0.15, 0.2) is 0 Å². The van der Waals surface area contributed by atoms with E-state index < -0.39 is 42.0 Å². The highest BCUT2D eigenvalue weighted by molar-refractivity contribution is 6.08. The summed E-state index contributed by atoms with van der Waals surface area (Å²) in [5.41, 5.74) is 5.18. The van der Waals surface area contributed by atoms with Crippen LogP contribution in [0.15, 0.2) is 85.0 Å². The van der Waals surface area contributed by atoms with Gasteiger partial charge in [-0.05, 0) is 65.5 Å². The van der Waals surface area contributed by atoms with Crippen LogP contribution in [-0.4, -0.2) is 56.9 Å². The molecule has 1 aliphatic rings. The predicted octanol–water partition coefficient (Wildman–Crippen LogP) is 7.54. The van der Waals surface area contributed by atoms with Crippen LogP contribution in [0.3, 0.4) is 0 Å². The number of ketones is 1. The maximum Gasteiger partial charge on any atom is 0.508 e. The Hall–Kier alpha value is -4.92. The molecule has 0 aliphatic heterocycles. The van der Waals surface area contributed by atoms with E-state index in [1.807, 2.05) is 70.2 Å². The number of hydrogen-bond acceptors (Lipinski definition) is 9. The van der Waals surface area contributed by atoms with E-state index in [9.17, 15) is 19.2 Å². The molecule has 3 rings (SSSR count). The van der Waals surface area contributed by atoms with Gasteiger partial charge in [0.2, 0.25) is 0 Å². The third-order valence-corrected chi connectivity index (χ3v) is 8.61. The Morgan fingerprint density at radius 3 is 2.06 bits per heavy atom. The van der Waals surface area contributed by atoms with Gasteiger partial charge in [0, 0.05) is 17.2 Å². The molecule has 4 atom stereocenters. The van der Waals surface area contributed by atoms with E-state index in [4.69, 9.17) is 23.7 Å². The summed E-state index contributed by atoms with van der Waals surface area (Å²) in [6, 6.07) is 13.3. The van der Waals surface area contributed by atoms with Crippen molar-refractivity contribution >= 4 is 29.5 Å². The van der Waals surface area contributed by atoms with Crippen LogP contribution in [-0.2, 0) is 33.3 Å². The molecule has 9 nitrogen and oxygen atoms in total. The lowest BCUT2D eigenvalue weighted by molar-refractivity contribution is -0.138. The fraction of sp³-hybridized carbons (Fsp3) is 0.385. The number of rotatable bonds is 16. The maximum atomic E-state index is 13.5. The zero-order valence-corrected chi connectivity index (χ0v) is 28.9. The van der Waals surface area contributed by atoms with Crippen molar-refractivity contribution in [2.24, 2.45) is 23.7 Å². The lowest BCUT2D eigenvalue weighted by Gasteiger charge is -2.33. The fourth-order valence-electron chi connectivity index (χ4n) is 6.27. The molecule has 0 radical (unpaired) electrons. The number of carbonyl (C=O) groups excluding carboxylic acids is 4. The molecule has 0 aromatic heterocycles. The molecule has 1 aliphatic carbocycles. The minimum absolute atomic E-state index is 0.00187. The first-order valence-electron chi connectivity index (χ1n) is 16.0. The Bertz CT molecular complexity index is 1600. The van der Waals surface area contributed by atoms with Crippen molar-refractivity contribution in [3.05, 3.63) is 96.1 Å². The standard InChI is InChI=1S/C39H46O9/c1-10-19-45-38(42)35(23(3)4)32(24(5)25(6)36(26(7)40)27(8)48-39(43)46-20-11-2)22-47-33-18-14-17-30-31(21-34(41)44-9)28-15-12-13-16-29(28)37(30)33/h10-18,21,23-25,27,36H,1-2,19-20,22H2,3-9H3/b31-21-,35-32+. The Balaban J connectivity index is 2.10. The number of methoxy groups -OCH3 is 1. The van der Waals surface area contributed by atoms with Crippen molar-refractivity contribution < 1.29 is 42.9 Å². The highest BCUT2D eigenvalue weighted by atomic mass is 16.7. The van der Waals surface area contributed by atoms with Crippen LogP contribution < -0.4 is 4.74 Å². The SMILES string of the molecule is C=CCOC(=O)OC(C)C(C(C)=O)C(C)C(C)/C(COc1cccc2c1-c1ccccc1/C2=C/C(=O)OC)=C(/C(=O)OCC=C)C(C)C. The van der Waals surface area contributed by atoms with Crippen molar-refractivity contribution in [3.8, 4) is 16.9 Å². The van der Waals surface area contributed by atoms with Gasteiger partial charge >= 0.3 is 18.1 Å². The van der Waals surface area contributed by atoms with Crippen molar-refractivity contribution in [2.75, 3.05) is 26.9 Å². The summed E-state index contributed by atoms with van der Waals surface area (Å²) >= 11 is 0. The van der Waals surface area contributed by atoms with Crippen LogP contribution in [0.25, 0.3) is 16.7 Å². The number of esters is 2. The van der Waals surface area contributed by atoms with Gasteiger partial charge in [-0.15, -0.1) is 0 Å². The number of fused-ring (bicyclic) bond motifs is 3. The smallest absolute Gasteiger partial charge is 0.489 e. The van der Waals surface area contributed by atoms with Crippen LogP contribution in [0.2, 0.25) is 0 Å². The van der Waals surface area contributed by atoms with Gasteiger partial charge in [-0.25, -0.2) is 14.4 Å². The van der Waals surface area contributed by atoms with Crippen molar-refractivity contribution in [2.45, 2.75) is 47.6 Å². The average molecular weight is 659 g/mol. The molecule has 0 bridgehead atoms. The summed E-state index contributed by atoms with van der Waals surface area (Å²) in [7, 11) is 1.33. The van der Waals surface area contributed by atoms with Crippen LogP contribution >= 0.6 is 0 Å². The van der Waals surface area contributed by atoms with Crippen molar-refractivity contribution in [3.63, 3.8) is 0 Å². The second-order valence-electron chi connectivity index (χ2n) is 12.0. The molecular weight excluding hydrogens is 612 g/mol. The molecule has 4 unspecified atom stereocenters. The normalized spacial score (nSPS) is 15.5. The second-order valence-corrected chi connectivity index (χ2v) is 12.0. The molecule has 0 saturated heterocycles. The van der Waals surface area contributed by atoms with Crippen LogP contribution in [0.5, 0.6) is 5.75 Å². The molecule has 48 heavy (non-hydrogen) atoms. The third-order valence-electron chi connectivity index (χ3n) is 8.61. The number of benzene rings is 2. The van der Waals surface area contributed by atoms with Crippen LogP contribution in [0.1, 0.15) is 52.7 Å². The molecule has 0 N–H and O–H groups in total. The van der Waals surface area contributed by atoms with Crippen molar-refractivity contribution in [1.82, 2.24) is 0 Å². The van der Waals surface area contributed by atoms with Gasteiger partial charge in [0.05, 0.1) is 13.0 Å². The van der Waals surface area contributed by atoms with E-state index in [0.717, 1.165) is 27.8 Å². The van der Waals surface area contributed by atoms with Gasteiger partial charge in [0.25, 0.3) is 0 Å². The number of Topliss-reactive ketones (excluding diaryl/α,β-unsaturated/α-hetero) is 1. The number of carbonyl (C=O) groups is 4. The number of ether oxygens (including phenoxy) is 5. The van der Waals surface area contributed by atoms with Gasteiger partial charge in [-0.3, -0.25) is 4.79 Å². The summed E-state index contributed by atoms with van der Waals surface area (Å²) < 4.78 is 27.5. The Labute approximate surface area is 283 Å². The molecule has 0 saturated carbocycles. The monoisotopic (exact) mass is 658 g/mol. The highest BCUT2D eigenvalue weighted by Gasteiger charge is 2.37. The lowest BCUT2D eigenvalue weighted by atomic mass is 9.74. The topological polar surface area (TPSA) is 114 Å². The molecule has 0 amide bonds. The molecule has 0 fully saturated rings. The molecular formula is C39H46O9. The quantitative estimate of drug-likeness (QED) is 0.0666. The first kappa shape index (κ1) is 37.5. The average Bonchev–Trinajstić information content (AvgIpc) is 3.37. The van der Waals surface area contributed by atoms with Crippen LogP contribution in [0, 0.1) is 23.7 Å². The molecule has 2 aromatic rings. The predicted molar refractivity (Wildman–Crippen MR) is 184 cm³/mol. The fourth-order valence-corrected chi connectivity index (χ4v) is 6.27. The van der Waals surface area contributed by atoms with Gasteiger partial charge in [-0.1, -0.05) is 89.4 Å². The molecule has 0 spiro atoms. The largest absolute Gasteiger partial charge is 0.508 e. The second kappa shape index (κ2) is 17.3. The summed E-state index contributed by atoms with van der Waals surface area (Å²) in [6.45, 7) is 17.9. The number of hydrogen-bond donors (Lipinski definition) is 0. The zero-order valence-electron chi connectivity index (χ0n) is 28.9. The van der Waals surface area contributed by atoms with E-state index in [2.05, 4.69) is 13.2 Å². The van der Waals surface area contributed by atoms with Crippen LogP contribution in [0.4, 0.5) is 4.79 Å². The van der Waals surface area contributed by atoms with Gasteiger partial charge in [-0.2, -0.15) is 0 Å². The summed E-state index contributed by atoms with van der Waals surface area (Å²) in [5, 5.41) is 0. The lowest BCUT2D eigenvalue weighted by Crippen LogP contribution is -2.38. The van der Waals surface area contributed by atoms with E-state index in [1.54, 1.807) is 6.92 Å². The van der Waals surface area contributed by atoms with E-state index in [0.29, 0.717) is 16.9 Å². The summed E-state index contributed by atoms with van der Waals surface area (Å²) in [4.78, 5) is 51.2. The summed E-state index contributed by atoms with van der Waals surface area (Å²) in [6.07, 6.45) is 2.67. The minimum atomic E-state index is -0.901. The zero-order chi connectivity index (χ0) is 35.5. The Morgan fingerprint density at radius 1 is 0.833 bits per heavy atom. The van der Waals surface area contributed by atoms with E-state index in [-0.39, 0.29) is 31.5 Å². The Kier molecular flexibility index (Phi) is 13.5. The molecule has 9 heteroatoms. The minimum Gasteiger partial charge on any atom is -0.489 e. The van der Waals surface area contributed by atoms with E-state index in [1.165, 1.54) is 32.3 Å².